The van der Waals surface area contributed by atoms with Gasteiger partial charge < -0.3 is 9.88 Å². The normalized spacial score (nSPS) is 17.7. The molecule has 1 fully saturated rings. The first-order chi connectivity index (χ1) is 7.33. The Morgan fingerprint density at radius 2 is 2.00 bits per heavy atom. The average Bonchev–Trinajstić information content (AvgIpc) is 2.68. The third-order valence-corrected chi connectivity index (χ3v) is 3.06. The van der Waals surface area contributed by atoms with Crippen molar-refractivity contribution in [3.8, 4) is 0 Å². The Morgan fingerprint density at radius 3 is 2.47 bits per heavy atom. The first-order valence-corrected chi connectivity index (χ1v) is 5.51. The fourth-order valence-corrected chi connectivity index (χ4v) is 2.20. The minimum absolute atomic E-state index is 0. The van der Waals surface area contributed by atoms with E-state index >= 15 is 0 Å². The molecule has 2 heterocycles. The summed E-state index contributed by atoms with van der Waals surface area (Å²) in [6.45, 7) is 8.31. The molecule has 1 aromatic heterocycles. The summed E-state index contributed by atoms with van der Waals surface area (Å²) in [4.78, 5) is 2.47. The molecule has 1 N–H and O–H groups in total. The van der Waals surface area contributed by atoms with Crippen LogP contribution in [0.3, 0.4) is 0 Å². The minimum Gasteiger partial charge on any atom is -0.353 e. The van der Waals surface area contributed by atoms with Gasteiger partial charge in [0, 0.05) is 45.1 Å². The fourth-order valence-electron chi connectivity index (χ4n) is 2.20. The molecule has 2 rings (SSSR count). The van der Waals surface area contributed by atoms with E-state index in [1.165, 1.54) is 5.69 Å². The molecule has 0 unspecified atom stereocenters. The predicted molar refractivity (Wildman–Crippen MR) is 77.3 cm³/mol. The van der Waals surface area contributed by atoms with E-state index in [-0.39, 0.29) is 24.8 Å². The zero-order chi connectivity index (χ0) is 10.7. The first-order valence-electron chi connectivity index (χ1n) is 5.51. The number of aryl methyl sites for hydroxylation is 1. The molecule has 98 valence electrons. The van der Waals surface area contributed by atoms with Gasteiger partial charge in [0.05, 0.1) is 6.04 Å². The molecule has 1 aromatic rings. The van der Waals surface area contributed by atoms with Crippen LogP contribution in [0.5, 0.6) is 0 Å². The van der Waals surface area contributed by atoms with Crippen LogP contribution in [0.2, 0.25) is 0 Å². The summed E-state index contributed by atoms with van der Waals surface area (Å²) in [7, 11) is 2.09. The van der Waals surface area contributed by atoms with Crippen LogP contribution in [0.4, 0.5) is 0 Å². The van der Waals surface area contributed by atoms with Crippen LogP contribution in [0.15, 0.2) is 31.0 Å². The van der Waals surface area contributed by atoms with Crippen molar-refractivity contribution in [2.75, 3.05) is 26.2 Å². The molecule has 5 heteroatoms. The number of nitrogens with one attached hydrogen (secondary N) is 1. The lowest BCUT2D eigenvalue weighted by Gasteiger charge is -2.33. The zero-order valence-corrected chi connectivity index (χ0v) is 11.8. The molecule has 0 bridgehead atoms. The Hall–Kier alpha value is -0.480. The van der Waals surface area contributed by atoms with Gasteiger partial charge in [-0.25, -0.2) is 0 Å². The molecular formula is C12H21Cl2N3. The molecule has 1 saturated heterocycles. The summed E-state index contributed by atoms with van der Waals surface area (Å²) >= 11 is 0. The Balaban J connectivity index is 0.00000128. The third kappa shape index (κ3) is 3.75. The lowest BCUT2D eigenvalue weighted by molar-refractivity contribution is 0.198. The highest BCUT2D eigenvalue weighted by Crippen LogP contribution is 2.21. The lowest BCUT2D eigenvalue weighted by Crippen LogP contribution is -2.45. The second-order valence-corrected chi connectivity index (χ2v) is 4.01. The van der Waals surface area contributed by atoms with E-state index in [1.54, 1.807) is 0 Å². The third-order valence-electron chi connectivity index (χ3n) is 3.06. The SMILES string of the molecule is C=C[C@H](c1cccn1C)N1CCNCC1.Cl.Cl. The number of nitrogens with zero attached hydrogens (tertiary/aromatic N) is 2. The molecule has 0 spiro atoms. The number of halogens is 2. The smallest absolute Gasteiger partial charge is 0.0684 e. The fraction of sp³-hybridized carbons (Fsp3) is 0.500. The van der Waals surface area contributed by atoms with Gasteiger partial charge in [0.15, 0.2) is 0 Å². The predicted octanol–water partition coefficient (Wildman–Crippen LogP) is 2.00. The van der Waals surface area contributed by atoms with Crippen LogP contribution in [0, 0.1) is 0 Å². The van der Waals surface area contributed by atoms with Gasteiger partial charge in [-0.2, -0.15) is 0 Å². The summed E-state index contributed by atoms with van der Waals surface area (Å²) in [5.41, 5.74) is 1.33. The van der Waals surface area contributed by atoms with Gasteiger partial charge in [-0.3, -0.25) is 4.90 Å². The van der Waals surface area contributed by atoms with Gasteiger partial charge in [-0.05, 0) is 12.1 Å². The zero-order valence-electron chi connectivity index (χ0n) is 10.1. The highest BCUT2D eigenvalue weighted by atomic mass is 35.5. The number of rotatable bonds is 3. The van der Waals surface area contributed by atoms with Crippen LogP contribution >= 0.6 is 24.8 Å². The Kier molecular flexibility index (Phi) is 7.55. The molecule has 3 nitrogen and oxygen atoms in total. The molecule has 0 aliphatic carbocycles. The average molecular weight is 278 g/mol. The molecule has 1 aliphatic rings. The molecule has 1 atom stereocenters. The van der Waals surface area contributed by atoms with E-state index in [1.807, 2.05) is 6.08 Å². The largest absolute Gasteiger partial charge is 0.353 e. The second kappa shape index (κ2) is 7.77. The van der Waals surface area contributed by atoms with Crippen LogP contribution in [0.25, 0.3) is 0 Å². The van der Waals surface area contributed by atoms with Crippen LogP contribution < -0.4 is 5.32 Å². The van der Waals surface area contributed by atoms with Gasteiger partial charge in [-0.15, -0.1) is 31.4 Å². The Bertz CT molecular complexity index is 332. The highest BCUT2D eigenvalue weighted by Gasteiger charge is 2.20. The van der Waals surface area contributed by atoms with Crippen molar-refractivity contribution >= 4 is 24.8 Å². The standard InChI is InChI=1S/C12H19N3.2ClH/c1-3-11(12-5-4-8-14(12)2)15-9-6-13-7-10-15;;/h3-5,8,11,13H,1,6-7,9-10H2,2H3;2*1H/t11-;;/m1../s1. The molecule has 0 saturated carbocycles. The van der Waals surface area contributed by atoms with Crippen molar-refractivity contribution in [1.29, 1.82) is 0 Å². The van der Waals surface area contributed by atoms with Gasteiger partial charge in [0.1, 0.15) is 0 Å². The number of hydrogen-bond donors (Lipinski definition) is 1. The van der Waals surface area contributed by atoms with Gasteiger partial charge in [-0.1, -0.05) is 6.08 Å². The first kappa shape index (κ1) is 16.5. The van der Waals surface area contributed by atoms with Gasteiger partial charge in [0.25, 0.3) is 0 Å². The number of hydrogen-bond acceptors (Lipinski definition) is 2. The Labute approximate surface area is 116 Å². The van der Waals surface area contributed by atoms with Crippen molar-refractivity contribution in [3.63, 3.8) is 0 Å². The van der Waals surface area contributed by atoms with Crippen molar-refractivity contribution in [1.82, 2.24) is 14.8 Å². The molecule has 0 radical (unpaired) electrons. The summed E-state index contributed by atoms with van der Waals surface area (Å²) in [6, 6.07) is 4.62. The van der Waals surface area contributed by atoms with E-state index in [0.717, 1.165) is 26.2 Å². The Morgan fingerprint density at radius 1 is 1.35 bits per heavy atom. The van der Waals surface area contributed by atoms with Gasteiger partial charge >= 0.3 is 0 Å². The van der Waals surface area contributed by atoms with E-state index in [4.69, 9.17) is 0 Å². The number of piperazine rings is 1. The summed E-state index contributed by atoms with van der Waals surface area (Å²) in [6.07, 6.45) is 4.13. The van der Waals surface area contributed by atoms with Crippen LogP contribution in [-0.2, 0) is 7.05 Å². The minimum atomic E-state index is 0. The lowest BCUT2D eigenvalue weighted by atomic mass is 10.1. The molecule has 17 heavy (non-hydrogen) atoms. The van der Waals surface area contributed by atoms with E-state index < -0.39 is 0 Å². The summed E-state index contributed by atoms with van der Waals surface area (Å²) in [5.74, 6) is 0. The monoisotopic (exact) mass is 277 g/mol. The maximum atomic E-state index is 3.96. The highest BCUT2D eigenvalue weighted by molar-refractivity contribution is 5.85. The summed E-state index contributed by atoms with van der Waals surface area (Å²) in [5, 5.41) is 3.37. The van der Waals surface area contributed by atoms with E-state index in [2.05, 4.69) is 46.7 Å². The molecule has 1 aliphatic heterocycles. The maximum Gasteiger partial charge on any atom is 0.0684 e. The van der Waals surface area contributed by atoms with Crippen molar-refractivity contribution in [2.45, 2.75) is 6.04 Å². The van der Waals surface area contributed by atoms with Crippen molar-refractivity contribution in [3.05, 3.63) is 36.7 Å². The van der Waals surface area contributed by atoms with E-state index in [0.29, 0.717) is 6.04 Å². The molecule has 0 aromatic carbocycles. The van der Waals surface area contributed by atoms with Crippen molar-refractivity contribution < 1.29 is 0 Å². The quantitative estimate of drug-likeness (QED) is 0.853. The number of aromatic nitrogens is 1. The molecule has 0 amide bonds. The topological polar surface area (TPSA) is 20.2 Å². The van der Waals surface area contributed by atoms with Gasteiger partial charge in [0.2, 0.25) is 0 Å². The summed E-state index contributed by atoms with van der Waals surface area (Å²) < 4.78 is 2.17. The van der Waals surface area contributed by atoms with Crippen molar-refractivity contribution in [2.24, 2.45) is 7.05 Å². The van der Waals surface area contributed by atoms with Crippen LogP contribution in [-0.4, -0.2) is 35.6 Å². The maximum absolute atomic E-state index is 3.96. The molecular weight excluding hydrogens is 257 g/mol. The van der Waals surface area contributed by atoms with Crippen LogP contribution in [0.1, 0.15) is 11.7 Å². The van der Waals surface area contributed by atoms with E-state index in [9.17, 15) is 0 Å². The second-order valence-electron chi connectivity index (χ2n) is 4.01.